The first kappa shape index (κ1) is 13.4. The molecular weight excluding hydrogens is 290 g/mol. The van der Waals surface area contributed by atoms with Gasteiger partial charge in [-0.3, -0.25) is 0 Å². The van der Waals surface area contributed by atoms with Crippen LogP contribution in [-0.2, 0) is 0 Å². The predicted octanol–water partition coefficient (Wildman–Crippen LogP) is 2.84. The van der Waals surface area contributed by atoms with Gasteiger partial charge in [0.25, 0.3) is 0 Å². The van der Waals surface area contributed by atoms with E-state index < -0.39 is 0 Å². The highest BCUT2D eigenvalue weighted by Crippen LogP contribution is 2.24. The van der Waals surface area contributed by atoms with Gasteiger partial charge in [-0.15, -0.1) is 0 Å². The van der Waals surface area contributed by atoms with Crippen LogP contribution in [0.5, 0.6) is 0 Å². The summed E-state index contributed by atoms with van der Waals surface area (Å²) in [6, 6.07) is 9.00. The van der Waals surface area contributed by atoms with Gasteiger partial charge >= 0.3 is 0 Å². The average molecular weight is 308 g/mol. The fraction of sp³-hybridized carbons (Fsp3) is 0.500. The van der Waals surface area contributed by atoms with Crippen LogP contribution in [0, 0.1) is 18.3 Å². The van der Waals surface area contributed by atoms with Crippen molar-refractivity contribution in [2.75, 3.05) is 24.5 Å². The van der Waals surface area contributed by atoms with Crippen molar-refractivity contribution < 1.29 is 0 Å². The van der Waals surface area contributed by atoms with E-state index >= 15 is 0 Å². The summed E-state index contributed by atoms with van der Waals surface area (Å²) in [6.07, 6.45) is 1.69. The molecule has 1 heterocycles. The van der Waals surface area contributed by atoms with Gasteiger partial charge in [-0.1, -0.05) is 22.0 Å². The van der Waals surface area contributed by atoms with Gasteiger partial charge in [0, 0.05) is 29.3 Å². The van der Waals surface area contributed by atoms with E-state index in [9.17, 15) is 0 Å². The Balaban J connectivity index is 2.15. The van der Waals surface area contributed by atoms with Crippen LogP contribution in [0.1, 0.15) is 18.4 Å². The van der Waals surface area contributed by atoms with Crippen LogP contribution in [0.2, 0.25) is 0 Å². The Kier molecular flexibility index (Phi) is 4.62. The zero-order valence-electron chi connectivity index (χ0n) is 10.6. The molecule has 0 amide bonds. The highest BCUT2D eigenvalue weighted by Gasteiger charge is 2.17. The van der Waals surface area contributed by atoms with Crippen molar-refractivity contribution in [3.63, 3.8) is 0 Å². The molecule has 1 N–H and O–H groups in total. The van der Waals surface area contributed by atoms with E-state index in [0.717, 1.165) is 30.5 Å². The molecule has 1 atom stereocenters. The lowest BCUT2D eigenvalue weighted by atomic mass is 10.1. The third-order valence-corrected chi connectivity index (χ3v) is 4.19. The predicted molar refractivity (Wildman–Crippen MR) is 77.7 cm³/mol. The summed E-state index contributed by atoms with van der Waals surface area (Å²) in [6.45, 7) is 5.04. The highest BCUT2D eigenvalue weighted by molar-refractivity contribution is 9.10. The average Bonchev–Trinajstić information content (AvgIpc) is 2.59. The Morgan fingerprint density at radius 1 is 1.56 bits per heavy atom. The summed E-state index contributed by atoms with van der Waals surface area (Å²) < 4.78 is 1.15. The molecule has 1 aromatic rings. The summed E-state index contributed by atoms with van der Waals surface area (Å²) in [5, 5.41) is 12.3. The first-order valence-corrected chi connectivity index (χ1v) is 7.11. The largest absolute Gasteiger partial charge is 0.370 e. The first-order chi connectivity index (χ1) is 8.70. The standard InChI is InChI=1S/C14H18BrN3/c1-11-3-4-13(9-14(11)15)18-8-2-7-17-12(10-18)5-6-16/h3-4,9,12,17H,2,5,7-8,10H2,1H3. The van der Waals surface area contributed by atoms with Crippen molar-refractivity contribution in [1.82, 2.24) is 5.32 Å². The van der Waals surface area contributed by atoms with Crippen molar-refractivity contribution in [2.24, 2.45) is 0 Å². The van der Waals surface area contributed by atoms with Crippen molar-refractivity contribution in [1.29, 1.82) is 5.26 Å². The van der Waals surface area contributed by atoms with Gasteiger partial charge in [-0.2, -0.15) is 5.26 Å². The van der Waals surface area contributed by atoms with Crippen molar-refractivity contribution in [3.05, 3.63) is 28.2 Å². The molecule has 4 heteroatoms. The van der Waals surface area contributed by atoms with Gasteiger partial charge in [0.2, 0.25) is 0 Å². The molecule has 2 rings (SSSR count). The number of benzene rings is 1. The summed E-state index contributed by atoms with van der Waals surface area (Å²) in [5.74, 6) is 0. The monoisotopic (exact) mass is 307 g/mol. The van der Waals surface area contributed by atoms with Crippen LogP contribution >= 0.6 is 15.9 Å². The van der Waals surface area contributed by atoms with E-state index in [4.69, 9.17) is 5.26 Å². The molecule has 0 bridgehead atoms. The van der Waals surface area contributed by atoms with E-state index in [1.807, 2.05) is 0 Å². The highest BCUT2D eigenvalue weighted by atomic mass is 79.9. The SMILES string of the molecule is Cc1ccc(N2CCCNC(CC#N)C2)cc1Br. The zero-order chi connectivity index (χ0) is 13.0. The molecule has 18 heavy (non-hydrogen) atoms. The molecule has 1 aliphatic rings. The number of nitrogens with zero attached hydrogens (tertiary/aromatic N) is 2. The number of halogens is 1. The van der Waals surface area contributed by atoms with Gasteiger partial charge in [0.05, 0.1) is 12.5 Å². The van der Waals surface area contributed by atoms with E-state index in [2.05, 4.69) is 57.3 Å². The summed E-state index contributed by atoms with van der Waals surface area (Å²) in [7, 11) is 0. The minimum atomic E-state index is 0.276. The van der Waals surface area contributed by atoms with Gasteiger partial charge in [-0.25, -0.2) is 0 Å². The lowest BCUT2D eigenvalue weighted by molar-refractivity contribution is 0.552. The normalized spacial score (nSPS) is 20.3. The Morgan fingerprint density at radius 2 is 2.39 bits per heavy atom. The third-order valence-electron chi connectivity index (χ3n) is 3.34. The van der Waals surface area contributed by atoms with Crippen LogP contribution in [0.25, 0.3) is 0 Å². The molecule has 0 spiro atoms. The van der Waals surface area contributed by atoms with Crippen LogP contribution in [0.15, 0.2) is 22.7 Å². The van der Waals surface area contributed by atoms with Crippen LogP contribution in [0.4, 0.5) is 5.69 Å². The van der Waals surface area contributed by atoms with Crippen molar-refractivity contribution >= 4 is 21.6 Å². The second kappa shape index (κ2) is 6.21. The van der Waals surface area contributed by atoms with Gasteiger partial charge in [0.1, 0.15) is 0 Å². The zero-order valence-corrected chi connectivity index (χ0v) is 12.2. The fourth-order valence-corrected chi connectivity index (χ4v) is 2.62. The van der Waals surface area contributed by atoms with Gasteiger partial charge in [-0.05, 0) is 37.6 Å². The van der Waals surface area contributed by atoms with Crippen molar-refractivity contribution in [2.45, 2.75) is 25.8 Å². The number of hydrogen-bond donors (Lipinski definition) is 1. The Bertz CT molecular complexity index is 453. The second-order valence-electron chi connectivity index (χ2n) is 4.75. The smallest absolute Gasteiger partial charge is 0.0638 e. The number of anilines is 1. The van der Waals surface area contributed by atoms with E-state index in [1.165, 1.54) is 11.3 Å². The maximum Gasteiger partial charge on any atom is 0.0638 e. The maximum atomic E-state index is 8.83. The summed E-state index contributed by atoms with van der Waals surface area (Å²) >= 11 is 3.58. The molecular formula is C14H18BrN3. The van der Waals surface area contributed by atoms with Crippen LogP contribution < -0.4 is 10.2 Å². The number of rotatable bonds is 2. The van der Waals surface area contributed by atoms with E-state index in [0.29, 0.717) is 6.42 Å². The van der Waals surface area contributed by atoms with E-state index in [-0.39, 0.29) is 6.04 Å². The lowest BCUT2D eigenvalue weighted by Gasteiger charge is -2.26. The summed E-state index contributed by atoms with van der Waals surface area (Å²) in [4.78, 5) is 2.37. The van der Waals surface area contributed by atoms with Crippen molar-refractivity contribution in [3.8, 4) is 6.07 Å². The molecule has 0 radical (unpaired) electrons. The Labute approximate surface area is 117 Å². The number of nitriles is 1. The molecule has 1 fully saturated rings. The molecule has 1 saturated heterocycles. The molecule has 1 aromatic carbocycles. The minimum Gasteiger partial charge on any atom is -0.370 e. The van der Waals surface area contributed by atoms with E-state index in [1.54, 1.807) is 0 Å². The second-order valence-corrected chi connectivity index (χ2v) is 5.60. The van der Waals surface area contributed by atoms with Gasteiger partial charge in [0.15, 0.2) is 0 Å². The maximum absolute atomic E-state index is 8.83. The number of aryl methyl sites for hydroxylation is 1. The molecule has 0 aliphatic carbocycles. The summed E-state index contributed by atoms with van der Waals surface area (Å²) in [5.41, 5.74) is 2.49. The Hall–Kier alpha value is -1.05. The molecule has 0 aromatic heterocycles. The lowest BCUT2D eigenvalue weighted by Crippen LogP contribution is -2.37. The topological polar surface area (TPSA) is 39.1 Å². The number of nitrogens with one attached hydrogen (secondary N) is 1. The third kappa shape index (κ3) is 3.24. The molecule has 0 saturated carbocycles. The van der Waals surface area contributed by atoms with Crippen LogP contribution in [0.3, 0.4) is 0 Å². The molecule has 3 nitrogen and oxygen atoms in total. The molecule has 96 valence electrons. The molecule has 1 aliphatic heterocycles. The van der Waals surface area contributed by atoms with Crippen LogP contribution in [-0.4, -0.2) is 25.7 Å². The molecule has 1 unspecified atom stereocenters. The Morgan fingerprint density at radius 3 is 3.11 bits per heavy atom. The number of hydrogen-bond acceptors (Lipinski definition) is 3. The quantitative estimate of drug-likeness (QED) is 0.913. The van der Waals surface area contributed by atoms with Gasteiger partial charge < -0.3 is 10.2 Å². The first-order valence-electron chi connectivity index (χ1n) is 6.32. The minimum absolute atomic E-state index is 0.276. The fourth-order valence-electron chi connectivity index (χ4n) is 2.26.